The van der Waals surface area contributed by atoms with Crippen molar-refractivity contribution in [2.24, 2.45) is 5.92 Å². The Morgan fingerprint density at radius 2 is 2.16 bits per heavy atom. The van der Waals surface area contributed by atoms with Crippen LogP contribution in [0.3, 0.4) is 0 Å². The number of nitrogens with one attached hydrogen (secondary N) is 1. The number of nitrogens with zero attached hydrogens (tertiary/aromatic N) is 1. The van der Waals surface area contributed by atoms with E-state index < -0.39 is 0 Å². The minimum Gasteiger partial charge on any atom is -0.368 e. The van der Waals surface area contributed by atoms with Gasteiger partial charge >= 0.3 is 0 Å². The summed E-state index contributed by atoms with van der Waals surface area (Å²) in [4.78, 5) is 2.57. The molecule has 19 heavy (non-hydrogen) atoms. The number of benzene rings is 1. The zero-order valence-electron chi connectivity index (χ0n) is 12.4. The molecule has 0 radical (unpaired) electrons. The minimum atomic E-state index is 0.399. The van der Waals surface area contributed by atoms with Gasteiger partial charge in [0.1, 0.15) is 0 Å². The molecular formula is C16H25BrN2. The van der Waals surface area contributed by atoms with Crippen molar-refractivity contribution in [3.05, 3.63) is 28.2 Å². The maximum absolute atomic E-state index is 3.62. The Labute approximate surface area is 125 Å². The van der Waals surface area contributed by atoms with Gasteiger partial charge in [-0.25, -0.2) is 0 Å². The van der Waals surface area contributed by atoms with E-state index in [1.165, 1.54) is 28.7 Å². The van der Waals surface area contributed by atoms with Crippen LogP contribution in [0, 0.1) is 5.92 Å². The van der Waals surface area contributed by atoms with Gasteiger partial charge in [-0.3, -0.25) is 0 Å². The number of hydrogen-bond acceptors (Lipinski definition) is 2. The highest BCUT2D eigenvalue weighted by Gasteiger charge is 2.28. The molecule has 3 heteroatoms. The van der Waals surface area contributed by atoms with Crippen molar-refractivity contribution in [1.82, 2.24) is 5.32 Å². The molecule has 1 aliphatic heterocycles. The molecule has 0 aromatic heterocycles. The standard InChI is InChI=1S/C16H25BrN2/c1-5-18-13(4)15-7-6-14(17)9-16(15)19-10-11(2)8-12(19)3/h6-7,9,11-13,18H,5,8,10H2,1-4H3. The van der Waals surface area contributed by atoms with Crippen molar-refractivity contribution in [2.75, 3.05) is 18.0 Å². The highest BCUT2D eigenvalue weighted by atomic mass is 79.9. The predicted molar refractivity (Wildman–Crippen MR) is 86.8 cm³/mol. The highest BCUT2D eigenvalue weighted by molar-refractivity contribution is 9.10. The molecule has 1 aromatic rings. The molecule has 0 saturated carbocycles. The first kappa shape index (κ1) is 14.9. The van der Waals surface area contributed by atoms with Gasteiger partial charge in [0.05, 0.1) is 0 Å². The van der Waals surface area contributed by atoms with E-state index in [1.54, 1.807) is 0 Å². The van der Waals surface area contributed by atoms with E-state index in [0.29, 0.717) is 12.1 Å². The SMILES string of the molecule is CCNC(C)c1ccc(Br)cc1N1CC(C)CC1C. The summed E-state index contributed by atoms with van der Waals surface area (Å²) < 4.78 is 1.17. The van der Waals surface area contributed by atoms with Gasteiger partial charge < -0.3 is 10.2 Å². The molecular weight excluding hydrogens is 300 g/mol. The molecule has 3 unspecified atom stereocenters. The van der Waals surface area contributed by atoms with Crippen molar-refractivity contribution < 1.29 is 0 Å². The molecule has 2 nitrogen and oxygen atoms in total. The number of halogens is 1. The smallest absolute Gasteiger partial charge is 0.0428 e. The predicted octanol–water partition coefficient (Wildman–Crippen LogP) is 4.35. The first-order valence-electron chi connectivity index (χ1n) is 7.32. The second kappa shape index (κ2) is 6.27. The lowest BCUT2D eigenvalue weighted by Gasteiger charge is -2.29. The summed E-state index contributed by atoms with van der Waals surface area (Å²) >= 11 is 3.62. The van der Waals surface area contributed by atoms with Gasteiger partial charge in [-0.15, -0.1) is 0 Å². The molecule has 1 aliphatic rings. The van der Waals surface area contributed by atoms with Crippen molar-refractivity contribution in [3.63, 3.8) is 0 Å². The van der Waals surface area contributed by atoms with E-state index >= 15 is 0 Å². The van der Waals surface area contributed by atoms with Crippen LogP contribution >= 0.6 is 15.9 Å². The summed E-state index contributed by atoms with van der Waals surface area (Å²) in [6.45, 7) is 11.3. The Kier molecular flexibility index (Phi) is 4.91. The molecule has 1 aromatic carbocycles. The first-order valence-corrected chi connectivity index (χ1v) is 8.11. The maximum atomic E-state index is 3.62. The summed E-state index contributed by atoms with van der Waals surface area (Å²) in [5.74, 6) is 0.788. The Bertz CT molecular complexity index is 433. The molecule has 106 valence electrons. The third kappa shape index (κ3) is 3.32. The maximum Gasteiger partial charge on any atom is 0.0428 e. The summed E-state index contributed by atoms with van der Waals surface area (Å²) in [5, 5.41) is 3.53. The van der Waals surface area contributed by atoms with Crippen LogP contribution in [0.1, 0.15) is 45.7 Å². The monoisotopic (exact) mass is 324 g/mol. The van der Waals surface area contributed by atoms with Crippen LogP contribution < -0.4 is 10.2 Å². The van der Waals surface area contributed by atoms with Crippen molar-refractivity contribution in [1.29, 1.82) is 0 Å². The quantitative estimate of drug-likeness (QED) is 0.885. The molecule has 1 saturated heterocycles. The second-order valence-electron chi connectivity index (χ2n) is 5.82. The lowest BCUT2D eigenvalue weighted by molar-refractivity contribution is 0.594. The van der Waals surface area contributed by atoms with Gasteiger partial charge in [-0.1, -0.05) is 35.8 Å². The van der Waals surface area contributed by atoms with Crippen LogP contribution in [0.25, 0.3) is 0 Å². The molecule has 1 fully saturated rings. The van der Waals surface area contributed by atoms with Gasteiger partial charge in [0.2, 0.25) is 0 Å². The Morgan fingerprint density at radius 1 is 1.42 bits per heavy atom. The third-order valence-corrected chi connectivity index (χ3v) is 4.56. The van der Waals surface area contributed by atoms with Crippen LogP contribution in [0.2, 0.25) is 0 Å². The fourth-order valence-corrected chi connectivity index (χ4v) is 3.53. The Balaban J connectivity index is 2.34. The third-order valence-electron chi connectivity index (χ3n) is 4.06. The molecule has 3 atom stereocenters. The molecule has 1 N–H and O–H groups in total. The van der Waals surface area contributed by atoms with Gasteiger partial charge in [0.15, 0.2) is 0 Å². The second-order valence-corrected chi connectivity index (χ2v) is 6.74. The van der Waals surface area contributed by atoms with E-state index in [4.69, 9.17) is 0 Å². The molecule has 0 aliphatic carbocycles. The fourth-order valence-electron chi connectivity index (χ4n) is 3.18. The van der Waals surface area contributed by atoms with Gasteiger partial charge in [0, 0.05) is 28.8 Å². The highest BCUT2D eigenvalue weighted by Crippen LogP contribution is 2.35. The lowest BCUT2D eigenvalue weighted by Crippen LogP contribution is -2.29. The van der Waals surface area contributed by atoms with Crippen LogP contribution in [0.15, 0.2) is 22.7 Å². The largest absolute Gasteiger partial charge is 0.368 e. The van der Waals surface area contributed by atoms with Crippen LogP contribution in [0.5, 0.6) is 0 Å². The molecule has 0 amide bonds. The van der Waals surface area contributed by atoms with Crippen LogP contribution in [-0.2, 0) is 0 Å². The molecule has 1 heterocycles. The number of rotatable bonds is 4. The molecule has 2 rings (SSSR count). The van der Waals surface area contributed by atoms with E-state index in [-0.39, 0.29) is 0 Å². The van der Waals surface area contributed by atoms with Gasteiger partial charge in [-0.2, -0.15) is 0 Å². The Hall–Kier alpha value is -0.540. The van der Waals surface area contributed by atoms with E-state index in [1.807, 2.05) is 0 Å². The average molecular weight is 325 g/mol. The normalized spacial score (nSPS) is 24.8. The minimum absolute atomic E-state index is 0.399. The Morgan fingerprint density at radius 3 is 2.74 bits per heavy atom. The molecule has 0 spiro atoms. The first-order chi connectivity index (χ1) is 9.02. The van der Waals surface area contributed by atoms with Crippen molar-refractivity contribution >= 4 is 21.6 Å². The zero-order chi connectivity index (χ0) is 14.0. The molecule has 0 bridgehead atoms. The summed E-state index contributed by atoms with van der Waals surface area (Å²) in [6.07, 6.45) is 1.29. The zero-order valence-corrected chi connectivity index (χ0v) is 14.0. The van der Waals surface area contributed by atoms with E-state index in [9.17, 15) is 0 Å². The van der Waals surface area contributed by atoms with Gasteiger partial charge in [-0.05, 0) is 50.4 Å². The van der Waals surface area contributed by atoms with Crippen LogP contribution in [0.4, 0.5) is 5.69 Å². The topological polar surface area (TPSA) is 15.3 Å². The van der Waals surface area contributed by atoms with Crippen molar-refractivity contribution in [3.8, 4) is 0 Å². The number of anilines is 1. The number of hydrogen-bond donors (Lipinski definition) is 1. The van der Waals surface area contributed by atoms with E-state index in [0.717, 1.165) is 12.5 Å². The lowest BCUT2D eigenvalue weighted by atomic mass is 10.0. The summed E-state index contributed by atoms with van der Waals surface area (Å²) in [6, 6.07) is 7.71. The van der Waals surface area contributed by atoms with Crippen LogP contribution in [-0.4, -0.2) is 19.1 Å². The van der Waals surface area contributed by atoms with Crippen molar-refractivity contribution in [2.45, 2.75) is 46.2 Å². The summed E-state index contributed by atoms with van der Waals surface area (Å²) in [5.41, 5.74) is 2.80. The van der Waals surface area contributed by atoms with E-state index in [2.05, 4.69) is 72.0 Å². The van der Waals surface area contributed by atoms with Gasteiger partial charge in [0.25, 0.3) is 0 Å². The summed E-state index contributed by atoms with van der Waals surface area (Å²) in [7, 11) is 0. The average Bonchev–Trinajstić information content (AvgIpc) is 2.68. The fraction of sp³-hybridized carbons (Fsp3) is 0.625.